The van der Waals surface area contributed by atoms with E-state index >= 15 is 0 Å². The van der Waals surface area contributed by atoms with Gasteiger partial charge in [0.05, 0.1) is 155 Å². The summed E-state index contributed by atoms with van der Waals surface area (Å²) in [5, 5.41) is 24.8. The van der Waals surface area contributed by atoms with E-state index in [4.69, 9.17) is 52.1 Å². The van der Waals surface area contributed by atoms with Crippen LogP contribution in [0.15, 0.2) is 18.2 Å². The smallest absolute Gasteiger partial charge is 0.299 e. The first-order chi connectivity index (χ1) is 25.0. The van der Waals surface area contributed by atoms with Crippen LogP contribution in [0.4, 0.5) is 17.1 Å². The van der Waals surface area contributed by atoms with Crippen molar-refractivity contribution in [3.63, 3.8) is 0 Å². The minimum atomic E-state index is -0.680. The molecule has 1 aromatic rings. The van der Waals surface area contributed by atoms with E-state index in [1.54, 1.807) is 0 Å². The molecule has 0 aliphatic heterocycles. The normalized spacial score (nSPS) is 12.0. The monoisotopic (exact) mass is 737 g/mol. The quantitative estimate of drug-likeness (QED) is 0.0586. The van der Waals surface area contributed by atoms with Gasteiger partial charge in [-0.25, -0.2) is 0 Å². The maximum atomic E-state index is 11.1. The van der Waals surface area contributed by atoms with Gasteiger partial charge in [-0.2, -0.15) is 0 Å². The van der Waals surface area contributed by atoms with Gasteiger partial charge < -0.3 is 57.4 Å². The molecule has 18 nitrogen and oxygen atoms in total. The Kier molecular flexibility index (Phi) is 31.4. The molecule has 1 aromatic carbocycles. The van der Waals surface area contributed by atoms with E-state index in [1.165, 1.54) is 12.1 Å². The molecule has 0 heterocycles. The Morgan fingerprint density at radius 1 is 0.529 bits per heavy atom. The van der Waals surface area contributed by atoms with Gasteiger partial charge in [-0.05, 0) is 12.0 Å². The number of anilines is 1. The summed E-state index contributed by atoms with van der Waals surface area (Å²) >= 11 is 0. The molecule has 1 unspecified atom stereocenters. The summed E-state index contributed by atoms with van der Waals surface area (Å²) < 4.78 is 60.1. The number of ether oxygens (including phenoxy) is 11. The average Bonchev–Trinajstić information content (AvgIpc) is 3.12. The molecule has 0 amide bonds. The zero-order chi connectivity index (χ0) is 37.0. The van der Waals surface area contributed by atoms with E-state index in [1.807, 2.05) is 0 Å². The number of hydrogen-bond acceptors (Lipinski definition) is 16. The fourth-order valence-corrected chi connectivity index (χ4v) is 3.79. The Morgan fingerprint density at radius 3 is 1.18 bits per heavy atom. The van der Waals surface area contributed by atoms with Crippen LogP contribution < -0.4 is 5.32 Å². The second-order valence-corrected chi connectivity index (χ2v) is 10.9. The highest BCUT2D eigenvalue weighted by Crippen LogP contribution is 2.28. The van der Waals surface area contributed by atoms with Crippen LogP contribution in [0.2, 0.25) is 0 Å². The second-order valence-electron chi connectivity index (χ2n) is 10.9. The molecule has 1 N–H and O–H groups in total. The zero-order valence-electron chi connectivity index (χ0n) is 30.3. The van der Waals surface area contributed by atoms with Gasteiger partial charge in [0.1, 0.15) is 5.69 Å². The van der Waals surface area contributed by atoms with Gasteiger partial charge in [-0.1, -0.05) is 20.3 Å². The number of benzene rings is 1. The van der Waals surface area contributed by atoms with E-state index < -0.39 is 9.85 Å². The molecule has 0 fully saturated rings. The lowest BCUT2D eigenvalue weighted by Crippen LogP contribution is -2.16. The van der Waals surface area contributed by atoms with Crippen molar-refractivity contribution in [2.75, 3.05) is 157 Å². The minimum Gasteiger partial charge on any atom is -0.379 e. The minimum absolute atomic E-state index is 0.186. The lowest BCUT2D eigenvalue weighted by Gasteiger charge is -2.10. The molecule has 0 aliphatic rings. The van der Waals surface area contributed by atoms with Crippen LogP contribution in [-0.2, 0) is 52.1 Å². The fraction of sp³-hybridized carbons (Fsp3) is 0.818. The summed E-state index contributed by atoms with van der Waals surface area (Å²) in [5.74, 6) is 0.585. The van der Waals surface area contributed by atoms with E-state index in [2.05, 4.69) is 19.2 Å². The van der Waals surface area contributed by atoms with Gasteiger partial charge in [-0.15, -0.1) is 0 Å². The van der Waals surface area contributed by atoms with Gasteiger partial charge in [0.2, 0.25) is 0 Å². The molecule has 0 aromatic heterocycles. The third-order valence-electron chi connectivity index (χ3n) is 6.77. The molecular formula is C33H59N3O15. The SMILES string of the molecule is CCC(C)COCCOCCOCCOCCOCCOCCOCCOCCOCCOCCOCCNc1ccc([N+](=O)[O-])cc1[N+](=O)[O-]. The topological polar surface area (TPSA) is 200 Å². The third-order valence-corrected chi connectivity index (χ3v) is 6.77. The highest BCUT2D eigenvalue weighted by Gasteiger charge is 2.19. The Labute approximate surface area is 300 Å². The van der Waals surface area contributed by atoms with E-state index in [9.17, 15) is 20.2 Å². The molecule has 296 valence electrons. The van der Waals surface area contributed by atoms with E-state index in [-0.39, 0.29) is 23.7 Å². The van der Waals surface area contributed by atoms with Gasteiger partial charge in [0.15, 0.2) is 0 Å². The maximum absolute atomic E-state index is 11.1. The van der Waals surface area contributed by atoms with Crippen LogP contribution in [0.25, 0.3) is 0 Å². The molecule has 0 saturated carbocycles. The first kappa shape index (κ1) is 46.4. The standard InChI is InChI=1S/C33H59N3O15/c1-3-30(2)29-51-27-26-50-25-24-49-23-22-48-21-20-47-19-18-46-17-16-45-15-14-44-13-12-43-11-10-42-9-8-41-7-6-34-32-5-4-31(35(37)38)28-33(32)36(39)40/h4-5,28,30,34H,3,6-27,29H2,1-2H3. The Morgan fingerprint density at radius 2 is 0.863 bits per heavy atom. The lowest BCUT2D eigenvalue weighted by molar-refractivity contribution is -0.393. The van der Waals surface area contributed by atoms with E-state index in [0.29, 0.717) is 145 Å². The molecule has 0 saturated heterocycles. The highest BCUT2D eigenvalue weighted by molar-refractivity contribution is 5.65. The van der Waals surface area contributed by atoms with Crippen LogP contribution in [0.3, 0.4) is 0 Å². The number of nitrogens with one attached hydrogen (secondary N) is 1. The molecule has 0 radical (unpaired) electrons. The van der Waals surface area contributed by atoms with Crippen LogP contribution in [-0.4, -0.2) is 162 Å². The van der Waals surface area contributed by atoms with E-state index in [0.717, 1.165) is 19.1 Å². The Hall–Kier alpha value is -2.62. The van der Waals surface area contributed by atoms with Crippen molar-refractivity contribution in [2.24, 2.45) is 5.92 Å². The molecule has 0 aliphatic carbocycles. The molecule has 0 bridgehead atoms. The first-order valence-electron chi connectivity index (χ1n) is 17.5. The number of nitrogens with zero attached hydrogens (tertiary/aromatic N) is 2. The molecule has 0 spiro atoms. The maximum Gasteiger partial charge on any atom is 0.299 e. The Balaban J connectivity index is 1.71. The summed E-state index contributed by atoms with van der Waals surface area (Å²) in [5.41, 5.74) is -0.524. The van der Waals surface area contributed by atoms with Crippen LogP contribution in [0, 0.1) is 26.1 Å². The van der Waals surface area contributed by atoms with Crippen molar-refractivity contribution in [1.29, 1.82) is 0 Å². The largest absolute Gasteiger partial charge is 0.379 e. The fourth-order valence-electron chi connectivity index (χ4n) is 3.79. The first-order valence-corrected chi connectivity index (χ1v) is 17.5. The number of rotatable bonds is 39. The predicted octanol–water partition coefficient (Wildman–Crippen LogP) is 3.14. The zero-order valence-corrected chi connectivity index (χ0v) is 30.3. The average molecular weight is 738 g/mol. The van der Waals surface area contributed by atoms with Crippen molar-refractivity contribution in [1.82, 2.24) is 0 Å². The second kappa shape index (κ2) is 34.5. The number of nitro groups is 2. The summed E-state index contributed by atoms with van der Waals surface area (Å²) in [6.07, 6.45) is 1.12. The molecule has 18 heteroatoms. The molecule has 51 heavy (non-hydrogen) atoms. The van der Waals surface area contributed by atoms with Gasteiger partial charge in [-0.3, -0.25) is 20.2 Å². The summed E-state index contributed by atoms with van der Waals surface area (Å²) in [6.45, 7) is 15.2. The van der Waals surface area contributed by atoms with Crippen LogP contribution >= 0.6 is 0 Å². The summed E-state index contributed by atoms with van der Waals surface area (Å²) in [6, 6.07) is 3.43. The molecule has 1 rings (SSSR count). The van der Waals surface area contributed by atoms with Crippen LogP contribution in [0.5, 0.6) is 0 Å². The predicted molar refractivity (Wildman–Crippen MR) is 187 cm³/mol. The van der Waals surface area contributed by atoms with Crippen molar-refractivity contribution in [3.8, 4) is 0 Å². The summed E-state index contributed by atoms with van der Waals surface area (Å²) in [4.78, 5) is 20.6. The van der Waals surface area contributed by atoms with Crippen LogP contribution in [0.1, 0.15) is 20.3 Å². The van der Waals surface area contributed by atoms with Gasteiger partial charge in [0, 0.05) is 19.2 Å². The van der Waals surface area contributed by atoms with Crippen molar-refractivity contribution < 1.29 is 62.0 Å². The number of hydrogen-bond donors (Lipinski definition) is 1. The van der Waals surface area contributed by atoms with Crippen molar-refractivity contribution in [2.45, 2.75) is 20.3 Å². The van der Waals surface area contributed by atoms with Crippen molar-refractivity contribution in [3.05, 3.63) is 38.4 Å². The van der Waals surface area contributed by atoms with Gasteiger partial charge in [0.25, 0.3) is 11.4 Å². The Bertz CT molecular complexity index is 979. The number of non-ortho nitro benzene ring substituents is 1. The number of nitro benzene ring substituents is 2. The molecular weight excluding hydrogens is 678 g/mol. The van der Waals surface area contributed by atoms with Crippen molar-refractivity contribution >= 4 is 17.1 Å². The third kappa shape index (κ3) is 28.6. The highest BCUT2D eigenvalue weighted by atomic mass is 16.6. The van der Waals surface area contributed by atoms with Gasteiger partial charge >= 0.3 is 0 Å². The summed E-state index contributed by atoms with van der Waals surface area (Å²) in [7, 11) is 0. The molecule has 1 atom stereocenters. The lowest BCUT2D eigenvalue weighted by atomic mass is 10.1.